The molecule has 0 amide bonds. The number of para-hydroxylation sites is 1. The standard InChI is InChI=1S/C22H27N3O/c1-14(11-15(2)24)17-9-10-19-20(12-17)25(18-7-5-4-6-8-18)16(3)22(19)21(26)13-23/h4-10,12,14-15H,11,13,23-24H2,1-3H3. The first-order valence-electron chi connectivity index (χ1n) is 9.13. The predicted molar refractivity (Wildman–Crippen MR) is 108 cm³/mol. The Morgan fingerprint density at radius 2 is 1.81 bits per heavy atom. The zero-order chi connectivity index (χ0) is 18.8. The molecule has 3 aromatic rings. The lowest BCUT2D eigenvalue weighted by Gasteiger charge is -2.15. The van der Waals surface area contributed by atoms with Gasteiger partial charge in [-0.05, 0) is 49.9 Å². The summed E-state index contributed by atoms with van der Waals surface area (Å²) < 4.78 is 2.15. The second-order valence-corrected chi connectivity index (χ2v) is 7.15. The van der Waals surface area contributed by atoms with Gasteiger partial charge in [-0.1, -0.05) is 37.3 Å². The molecule has 4 nitrogen and oxygen atoms in total. The van der Waals surface area contributed by atoms with Crippen molar-refractivity contribution in [1.82, 2.24) is 4.57 Å². The molecule has 2 unspecified atom stereocenters. The fraction of sp³-hybridized carbons (Fsp3) is 0.318. The SMILES string of the molecule is Cc1c(C(=O)CN)c2ccc(C(C)CC(C)N)cc2n1-c1ccccc1. The zero-order valence-corrected chi connectivity index (χ0v) is 15.7. The average Bonchev–Trinajstić information content (AvgIpc) is 2.92. The number of hydrogen-bond donors (Lipinski definition) is 2. The monoisotopic (exact) mass is 349 g/mol. The Morgan fingerprint density at radius 3 is 2.42 bits per heavy atom. The fourth-order valence-electron chi connectivity index (χ4n) is 3.80. The van der Waals surface area contributed by atoms with Crippen LogP contribution in [-0.2, 0) is 0 Å². The summed E-state index contributed by atoms with van der Waals surface area (Å²) in [5.41, 5.74) is 16.6. The van der Waals surface area contributed by atoms with Crippen LogP contribution in [0.15, 0.2) is 48.5 Å². The number of benzene rings is 2. The number of fused-ring (bicyclic) bond motifs is 1. The van der Waals surface area contributed by atoms with Gasteiger partial charge in [0.15, 0.2) is 5.78 Å². The largest absolute Gasteiger partial charge is 0.328 e. The molecule has 4 heteroatoms. The predicted octanol–water partition coefficient (Wildman–Crippen LogP) is 3.92. The Labute approximate surface area is 154 Å². The molecule has 0 spiro atoms. The number of carbonyl (C=O) groups excluding carboxylic acids is 1. The Morgan fingerprint density at radius 1 is 1.12 bits per heavy atom. The van der Waals surface area contributed by atoms with Crippen molar-refractivity contribution in [3.05, 3.63) is 65.4 Å². The van der Waals surface area contributed by atoms with Crippen molar-refractivity contribution in [2.75, 3.05) is 6.54 Å². The molecule has 0 saturated heterocycles. The van der Waals surface area contributed by atoms with Gasteiger partial charge in [0.25, 0.3) is 0 Å². The normalized spacial score (nSPS) is 13.7. The van der Waals surface area contributed by atoms with Crippen LogP contribution < -0.4 is 11.5 Å². The van der Waals surface area contributed by atoms with Crippen LogP contribution in [-0.4, -0.2) is 22.9 Å². The quantitative estimate of drug-likeness (QED) is 0.662. The lowest BCUT2D eigenvalue weighted by molar-refractivity contribution is 0.100. The van der Waals surface area contributed by atoms with Crippen LogP contribution in [0.4, 0.5) is 0 Å². The number of rotatable bonds is 6. The van der Waals surface area contributed by atoms with E-state index in [4.69, 9.17) is 11.5 Å². The molecule has 0 fully saturated rings. The van der Waals surface area contributed by atoms with Gasteiger partial charge in [-0.3, -0.25) is 4.79 Å². The van der Waals surface area contributed by atoms with Gasteiger partial charge in [0.2, 0.25) is 0 Å². The number of ketones is 1. The molecule has 1 heterocycles. The summed E-state index contributed by atoms with van der Waals surface area (Å²) in [6.45, 7) is 6.22. The Bertz CT molecular complexity index is 925. The number of Topliss-reactive ketones (excluding diaryl/α,β-unsaturated/α-hetero) is 1. The highest BCUT2D eigenvalue weighted by molar-refractivity contribution is 6.10. The van der Waals surface area contributed by atoms with Gasteiger partial charge in [-0.15, -0.1) is 0 Å². The third-order valence-corrected chi connectivity index (χ3v) is 5.00. The summed E-state index contributed by atoms with van der Waals surface area (Å²) in [6, 6.07) is 16.6. The molecule has 2 aromatic carbocycles. The molecule has 0 saturated carbocycles. The Hall–Kier alpha value is -2.43. The van der Waals surface area contributed by atoms with Crippen molar-refractivity contribution >= 4 is 16.7 Å². The summed E-state index contributed by atoms with van der Waals surface area (Å²) in [4.78, 5) is 12.5. The maximum absolute atomic E-state index is 12.5. The smallest absolute Gasteiger partial charge is 0.178 e. The molecule has 0 aliphatic carbocycles. The molecule has 0 aliphatic heterocycles. The first-order chi connectivity index (χ1) is 12.4. The molecular weight excluding hydrogens is 322 g/mol. The van der Waals surface area contributed by atoms with Crippen LogP contribution in [0.25, 0.3) is 16.6 Å². The van der Waals surface area contributed by atoms with E-state index in [2.05, 4.69) is 41.8 Å². The van der Waals surface area contributed by atoms with E-state index in [-0.39, 0.29) is 18.4 Å². The van der Waals surface area contributed by atoms with Crippen LogP contribution in [0.3, 0.4) is 0 Å². The van der Waals surface area contributed by atoms with Gasteiger partial charge in [0.05, 0.1) is 12.1 Å². The van der Waals surface area contributed by atoms with Crippen molar-refractivity contribution in [3.8, 4) is 5.69 Å². The molecule has 26 heavy (non-hydrogen) atoms. The maximum atomic E-state index is 12.5. The van der Waals surface area contributed by atoms with E-state index >= 15 is 0 Å². The molecule has 0 aliphatic rings. The van der Waals surface area contributed by atoms with Crippen molar-refractivity contribution in [2.45, 2.75) is 39.2 Å². The van der Waals surface area contributed by atoms with Crippen LogP contribution in [0, 0.1) is 6.92 Å². The second kappa shape index (κ2) is 7.44. The highest BCUT2D eigenvalue weighted by atomic mass is 16.1. The van der Waals surface area contributed by atoms with Gasteiger partial charge < -0.3 is 16.0 Å². The second-order valence-electron chi connectivity index (χ2n) is 7.15. The van der Waals surface area contributed by atoms with Crippen molar-refractivity contribution in [2.24, 2.45) is 11.5 Å². The van der Waals surface area contributed by atoms with E-state index in [0.717, 1.165) is 34.3 Å². The molecule has 0 radical (unpaired) electrons. The van der Waals surface area contributed by atoms with Crippen LogP contribution >= 0.6 is 0 Å². The molecular formula is C22H27N3O. The summed E-state index contributed by atoms with van der Waals surface area (Å²) in [6.07, 6.45) is 0.922. The number of carbonyl (C=O) groups is 1. The van der Waals surface area contributed by atoms with Crippen molar-refractivity contribution in [1.29, 1.82) is 0 Å². The van der Waals surface area contributed by atoms with E-state index in [9.17, 15) is 4.79 Å². The van der Waals surface area contributed by atoms with Crippen LogP contribution in [0.2, 0.25) is 0 Å². The highest BCUT2D eigenvalue weighted by Crippen LogP contribution is 2.32. The van der Waals surface area contributed by atoms with Crippen molar-refractivity contribution in [3.63, 3.8) is 0 Å². The van der Waals surface area contributed by atoms with Gasteiger partial charge in [-0.2, -0.15) is 0 Å². The van der Waals surface area contributed by atoms with E-state index in [1.165, 1.54) is 5.56 Å². The summed E-state index contributed by atoms with van der Waals surface area (Å²) in [5.74, 6) is 0.325. The number of aromatic nitrogens is 1. The van der Waals surface area contributed by atoms with Crippen molar-refractivity contribution < 1.29 is 4.79 Å². The van der Waals surface area contributed by atoms with Crippen LogP contribution in [0.5, 0.6) is 0 Å². The fourth-order valence-corrected chi connectivity index (χ4v) is 3.80. The van der Waals surface area contributed by atoms with E-state index in [1.54, 1.807) is 0 Å². The topological polar surface area (TPSA) is 74.0 Å². The summed E-state index contributed by atoms with van der Waals surface area (Å²) in [5, 5.41) is 0.957. The number of nitrogens with two attached hydrogens (primary N) is 2. The Kier molecular flexibility index (Phi) is 5.25. The summed E-state index contributed by atoms with van der Waals surface area (Å²) in [7, 11) is 0. The minimum atomic E-state index is -0.0291. The van der Waals surface area contributed by atoms with Gasteiger partial charge >= 0.3 is 0 Å². The van der Waals surface area contributed by atoms with E-state index in [0.29, 0.717) is 5.92 Å². The molecule has 1 aromatic heterocycles. The Balaban J connectivity index is 2.26. The maximum Gasteiger partial charge on any atom is 0.178 e. The first kappa shape index (κ1) is 18.4. The molecule has 0 bridgehead atoms. The minimum Gasteiger partial charge on any atom is -0.328 e. The lowest BCUT2D eigenvalue weighted by Crippen LogP contribution is -2.17. The lowest BCUT2D eigenvalue weighted by atomic mass is 9.93. The van der Waals surface area contributed by atoms with E-state index in [1.807, 2.05) is 32.0 Å². The molecule has 4 N–H and O–H groups in total. The highest BCUT2D eigenvalue weighted by Gasteiger charge is 2.21. The molecule has 136 valence electrons. The summed E-state index contributed by atoms with van der Waals surface area (Å²) >= 11 is 0. The minimum absolute atomic E-state index is 0.0115. The van der Waals surface area contributed by atoms with Gasteiger partial charge in [-0.25, -0.2) is 0 Å². The van der Waals surface area contributed by atoms with E-state index < -0.39 is 0 Å². The molecule has 3 rings (SSSR count). The average molecular weight is 349 g/mol. The van der Waals surface area contributed by atoms with Crippen LogP contribution in [0.1, 0.15) is 47.8 Å². The number of nitrogens with zero attached hydrogens (tertiary/aromatic N) is 1. The third-order valence-electron chi connectivity index (χ3n) is 5.00. The van der Waals surface area contributed by atoms with Gasteiger partial charge in [0.1, 0.15) is 0 Å². The third kappa shape index (κ3) is 3.30. The zero-order valence-electron chi connectivity index (χ0n) is 15.7. The van der Waals surface area contributed by atoms with Gasteiger partial charge in [0, 0.05) is 28.4 Å². The first-order valence-corrected chi connectivity index (χ1v) is 9.13. The molecule has 2 atom stereocenters. The number of hydrogen-bond acceptors (Lipinski definition) is 3.